The number of carbonyl (C=O) groups is 2. The van der Waals surface area contributed by atoms with Crippen LogP contribution in [0.4, 0.5) is 4.79 Å². The van der Waals surface area contributed by atoms with Gasteiger partial charge in [-0.3, -0.25) is 4.90 Å². The smallest absolute Gasteiger partial charge is 0.328 e. The van der Waals surface area contributed by atoms with E-state index in [1.54, 1.807) is 0 Å². The highest BCUT2D eigenvalue weighted by atomic mass is 16.7. The van der Waals surface area contributed by atoms with E-state index < -0.39 is 24.3 Å². The van der Waals surface area contributed by atoms with Gasteiger partial charge in [-0.05, 0) is 22.3 Å². The third-order valence-corrected chi connectivity index (χ3v) is 8.44. The monoisotopic (exact) mass is 617 g/mol. The topological polar surface area (TPSA) is 119 Å². The van der Waals surface area contributed by atoms with Crippen molar-refractivity contribution in [1.82, 2.24) is 15.5 Å². The second kappa shape index (κ2) is 16.0. The van der Waals surface area contributed by atoms with Gasteiger partial charge >= 0.3 is 12.0 Å². The molecule has 2 amide bonds. The average Bonchev–Trinajstić information content (AvgIpc) is 3.09. The fourth-order valence-electron chi connectivity index (χ4n) is 5.74. The molecular formula is C35H43N3O7. The number of nitrogens with zero attached hydrogens (tertiary/aromatic N) is 1. The second-order valence-electron chi connectivity index (χ2n) is 11.6. The first-order chi connectivity index (χ1) is 21.9. The molecule has 2 fully saturated rings. The maximum atomic E-state index is 12.7. The normalized spacial score (nSPS) is 22.7. The summed E-state index contributed by atoms with van der Waals surface area (Å²) in [6.07, 6.45) is -0.493. The number of benzene rings is 3. The van der Waals surface area contributed by atoms with Crippen molar-refractivity contribution in [2.24, 2.45) is 5.92 Å². The molecule has 45 heavy (non-hydrogen) atoms. The molecule has 0 aromatic heterocycles. The molecule has 0 unspecified atom stereocenters. The molecule has 10 heteroatoms. The number of morpholine rings is 1. The number of amides is 2. The van der Waals surface area contributed by atoms with Gasteiger partial charge in [0.05, 0.1) is 39.1 Å². The van der Waals surface area contributed by atoms with Crippen molar-refractivity contribution in [2.75, 3.05) is 40.0 Å². The van der Waals surface area contributed by atoms with E-state index >= 15 is 0 Å². The molecule has 5 rings (SSSR count). The average molecular weight is 618 g/mol. The van der Waals surface area contributed by atoms with E-state index in [1.807, 2.05) is 78.9 Å². The number of rotatable bonds is 11. The van der Waals surface area contributed by atoms with Crippen LogP contribution >= 0.6 is 0 Å². The largest absolute Gasteiger partial charge is 0.467 e. The summed E-state index contributed by atoms with van der Waals surface area (Å²) in [5, 5.41) is 15.1. The summed E-state index contributed by atoms with van der Waals surface area (Å²) in [7, 11) is 1.31. The first kappa shape index (κ1) is 32.6. The molecule has 3 aromatic carbocycles. The van der Waals surface area contributed by atoms with E-state index in [9.17, 15) is 14.7 Å². The Balaban J connectivity index is 1.23. The molecule has 3 aromatic rings. The molecule has 0 bridgehead atoms. The van der Waals surface area contributed by atoms with Crippen LogP contribution < -0.4 is 10.6 Å². The van der Waals surface area contributed by atoms with Crippen LogP contribution in [0.5, 0.6) is 0 Å². The molecule has 240 valence electrons. The van der Waals surface area contributed by atoms with E-state index in [-0.39, 0.29) is 31.3 Å². The Hall–Kier alpha value is -3.80. The lowest BCUT2D eigenvalue weighted by Gasteiger charge is -2.43. The van der Waals surface area contributed by atoms with Gasteiger partial charge in [-0.1, -0.05) is 85.8 Å². The van der Waals surface area contributed by atoms with Gasteiger partial charge in [-0.25, -0.2) is 9.59 Å². The predicted molar refractivity (Wildman–Crippen MR) is 168 cm³/mol. The number of nitrogens with one attached hydrogen (secondary N) is 2. The number of hydrogen-bond donors (Lipinski definition) is 3. The van der Waals surface area contributed by atoms with Crippen LogP contribution in [0.1, 0.15) is 47.1 Å². The number of aliphatic hydroxyl groups excluding tert-OH is 1. The highest BCUT2D eigenvalue weighted by Gasteiger charge is 2.39. The summed E-state index contributed by atoms with van der Waals surface area (Å²) in [5.41, 5.74) is 4.59. The van der Waals surface area contributed by atoms with Gasteiger partial charge in [0.25, 0.3) is 0 Å². The lowest BCUT2D eigenvalue weighted by Crippen LogP contribution is -2.47. The van der Waals surface area contributed by atoms with Crippen LogP contribution in [0.2, 0.25) is 0 Å². The zero-order chi connectivity index (χ0) is 31.6. The van der Waals surface area contributed by atoms with Crippen molar-refractivity contribution < 1.29 is 33.6 Å². The number of ether oxygens (including phenoxy) is 4. The SMILES string of the molecule is COC(=O)[C@H](Cc1ccccc1)NC(=O)NCc1ccc([C@H]2O[C@@H](CN3CCOCC3)[C@@H](C)[C@@H](c3ccc(CO)cc3)O2)cc1. The van der Waals surface area contributed by atoms with E-state index in [1.165, 1.54) is 7.11 Å². The quantitative estimate of drug-likeness (QED) is 0.278. The molecule has 2 saturated heterocycles. The predicted octanol–water partition coefficient (Wildman–Crippen LogP) is 3.89. The standard InChI is InChI=1S/C35H43N3O7/c1-24-31(22-38-16-18-43-19-17-38)44-34(45-32(24)28-12-10-27(23-39)11-13-28)29-14-8-26(9-15-29)21-36-35(41)37-30(33(40)42-2)20-25-6-4-3-5-7-25/h3-15,24,30-32,34,39H,16-23H2,1-2H3,(H2,36,37,41)/t24-,30+,31+,32+,34+/m1/s1. The van der Waals surface area contributed by atoms with Gasteiger partial charge in [0.15, 0.2) is 6.29 Å². The fourth-order valence-corrected chi connectivity index (χ4v) is 5.74. The fraction of sp³-hybridized carbons (Fsp3) is 0.429. The Kier molecular flexibility index (Phi) is 11.6. The summed E-state index contributed by atoms with van der Waals surface area (Å²) in [4.78, 5) is 27.4. The Bertz CT molecular complexity index is 1360. The van der Waals surface area contributed by atoms with Crippen molar-refractivity contribution in [3.63, 3.8) is 0 Å². The van der Waals surface area contributed by atoms with Crippen molar-refractivity contribution in [3.05, 3.63) is 107 Å². The number of aliphatic hydroxyl groups is 1. The Morgan fingerprint density at radius 3 is 2.24 bits per heavy atom. The number of esters is 1. The summed E-state index contributed by atoms with van der Waals surface area (Å²) >= 11 is 0. The summed E-state index contributed by atoms with van der Waals surface area (Å²) < 4.78 is 23.6. The highest BCUT2D eigenvalue weighted by Crippen LogP contribution is 2.42. The zero-order valence-corrected chi connectivity index (χ0v) is 25.9. The van der Waals surface area contributed by atoms with Gasteiger partial charge in [0, 0.05) is 44.1 Å². The Morgan fingerprint density at radius 2 is 1.58 bits per heavy atom. The van der Waals surface area contributed by atoms with Gasteiger partial charge in [0.1, 0.15) is 6.04 Å². The summed E-state index contributed by atoms with van der Waals surface area (Å²) in [5.74, 6) is -0.406. The molecular weight excluding hydrogens is 574 g/mol. The Morgan fingerprint density at radius 1 is 0.911 bits per heavy atom. The molecule has 10 nitrogen and oxygen atoms in total. The summed E-state index contributed by atoms with van der Waals surface area (Å²) in [6, 6.07) is 23.9. The maximum absolute atomic E-state index is 12.7. The summed E-state index contributed by atoms with van der Waals surface area (Å²) in [6.45, 7) is 6.39. The van der Waals surface area contributed by atoms with Crippen molar-refractivity contribution in [3.8, 4) is 0 Å². The van der Waals surface area contributed by atoms with Gasteiger partial charge in [-0.15, -0.1) is 0 Å². The third-order valence-electron chi connectivity index (χ3n) is 8.44. The van der Waals surface area contributed by atoms with Crippen LogP contribution in [0.25, 0.3) is 0 Å². The number of urea groups is 1. The number of hydrogen-bond acceptors (Lipinski definition) is 8. The molecule has 0 spiro atoms. The molecule has 2 aliphatic rings. The van der Waals surface area contributed by atoms with Gasteiger partial charge in [0.2, 0.25) is 0 Å². The molecule has 5 atom stereocenters. The van der Waals surface area contributed by atoms with Crippen LogP contribution in [-0.2, 0) is 43.3 Å². The minimum atomic E-state index is -0.805. The van der Waals surface area contributed by atoms with E-state index in [2.05, 4.69) is 22.5 Å². The molecule has 0 radical (unpaired) electrons. The lowest BCUT2D eigenvalue weighted by molar-refractivity contribution is -0.277. The Labute approximate surface area is 264 Å². The minimum absolute atomic E-state index is 0.00480. The minimum Gasteiger partial charge on any atom is -0.467 e. The molecule has 3 N–H and O–H groups in total. The number of methoxy groups -OCH3 is 1. The van der Waals surface area contributed by atoms with Crippen molar-refractivity contribution in [1.29, 1.82) is 0 Å². The molecule has 0 saturated carbocycles. The first-order valence-corrected chi connectivity index (χ1v) is 15.5. The van der Waals surface area contributed by atoms with Crippen molar-refractivity contribution >= 4 is 12.0 Å². The highest BCUT2D eigenvalue weighted by molar-refractivity contribution is 5.83. The maximum Gasteiger partial charge on any atom is 0.328 e. The first-order valence-electron chi connectivity index (χ1n) is 15.5. The third kappa shape index (κ3) is 8.90. The van der Waals surface area contributed by atoms with E-state index in [0.717, 1.165) is 60.7 Å². The van der Waals surface area contributed by atoms with Crippen LogP contribution in [0, 0.1) is 5.92 Å². The second-order valence-corrected chi connectivity index (χ2v) is 11.6. The number of carbonyl (C=O) groups excluding carboxylic acids is 2. The zero-order valence-electron chi connectivity index (χ0n) is 25.9. The van der Waals surface area contributed by atoms with Crippen LogP contribution in [0.3, 0.4) is 0 Å². The van der Waals surface area contributed by atoms with Gasteiger partial charge < -0.3 is 34.7 Å². The lowest BCUT2D eigenvalue weighted by atomic mass is 9.90. The van der Waals surface area contributed by atoms with Crippen LogP contribution in [-0.4, -0.2) is 74.1 Å². The molecule has 0 aliphatic carbocycles. The van der Waals surface area contributed by atoms with E-state index in [0.29, 0.717) is 6.42 Å². The molecule has 2 aliphatic heterocycles. The van der Waals surface area contributed by atoms with Crippen LogP contribution in [0.15, 0.2) is 78.9 Å². The van der Waals surface area contributed by atoms with E-state index in [4.69, 9.17) is 18.9 Å². The molecule has 2 heterocycles. The van der Waals surface area contributed by atoms with Gasteiger partial charge in [-0.2, -0.15) is 0 Å². The van der Waals surface area contributed by atoms with Crippen molar-refractivity contribution in [2.45, 2.75) is 51.0 Å².